The third-order valence-electron chi connectivity index (χ3n) is 4.88. The van der Waals surface area contributed by atoms with Gasteiger partial charge in [-0.15, -0.1) is 21.5 Å². The van der Waals surface area contributed by atoms with Crippen LogP contribution in [0.15, 0.2) is 34.4 Å². The van der Waals surface area contributed by atoms with Crippen molar-refractivity contribution in [3.8, 4) is 11.5 Å². The number of rotatable bonds is 8. The lowest BCUT2D eigenvalue weighted by molar-refractivity contribution is 0.0461. The standard InChI is InChI=1S/C21H22N4O5S/c1-4-5-9-29-15-7-6-13(11-16(15)28-3)20(27)30-12-17-22-23-21-24(2)19(26)18-14(25(17)21)8-10-31-18/h6-8,10-11H,4-5,9,12H2,1-3H3. The van der Waals surface area contributed by atoms with Crippen LogP contribution < -0.4 is 15.0 Å². The third-order valence-corrected chi connectivity index (χ3v) is 5.78. The summed E-state index contributed by atoms with van der Waals surface area (Å²) >= 11 is 1.35. The highest BCUT2D eigenvalue weighted by Gasteiger charge is 2.18. The van der Waals surface area contributed by atoms with Gasteiger partial charge in [-0.25, -0.2) is 4.79 Å². The lowest BCUT2D eigenvalue weighted by Crippen LogP contribution is -2.19. The lowest BCUT2D eigenvalue weighted by atomic mass is 10.2. The predicted octanol–water partition coefficient (Wildman–Crippen LogP) is 3.19. The first-order valence-corrected chi connectivity index (χ1v) is 10.7. The second-order valence-electron chi connectivity index (χ2n) is 6.89. The second-order valence-corrected chi connectivity index (χ2v) is 7.81. The van der Waals surface area contributed by atoms with E-state index in [1.807, 2.05) is 11.4 Å². The summed E-state index contributed by atoms with van der Waals surface area (Å²) in [7, 11) is 3.16. The Morgan fingerprint density at radius 3 is 2.81 bits per heavy atom. The van der Waals surface area contributed by atoms with E-state index in [2.05, 4.69) is 17.1 Å². The molecule has 1 aromatic carbocycles. The second kappa shape index (κ2) is 8.76. The van der Waals surface area contributed by atoms with Gasteiger partial charge in [0, 0.05) is 7.05 Å². The van der Waals surface area contributed by atoms with Crippen LogP contribution in [0.5, 0.6) is 11.5 Å². The number of hydrogen-bond donors (Lipinski definition) is 0. The average Bonchev–Trinajstić information content (AvgIpc) is 3.43. The molecule has 9 nitrogen and oxygen atoms in total. The van der Waals surface area contributed by atoms with Gasteiger partial charge in [0.1, 0.15) is 4.70 Å². The van der Waals surface area contributed by atoms with Crippen molar-refractivity contribution in [2.45, 2.75) is 26.4 Å². The summed E-state index contributed by atoms with van der Waals surface area (Å²) < 4.78 is 20.3. The first-order valence-electron chi connectivity index (χ1n) is 9.83. The van der Waals surface area contributed by atoms with Crippen molar-refractivity contribution in [1.82, 2.24) is 19.2 Å². The molecule has 0 N–H and O–H groups in total. The quantitative estimate of drug-likeness (QED) is 0.305. The van der Waals surface area contributed by atoms with Crippen LogP contribution in [-0.2, 0) is 18.4 Å². The molecule has 0 spiro atoms. The van der Waals surface area contributed by atoms with Gasteiger partial charge in [-0.1, -0.05) is 13.3 Å². The van der Waals surface area contributed by atoms with Crippen LogP contribution in [-0.4, -0.2) is 38.9 Å². The fraction of sp³-hybridized carbons (Fsp3) is 0.333. The number of ether oxygens (including phenoxy) is 3. The van der Waals surface area contributed by atoms with E-state index in [1.165, 1.54) is 23.0 Å². The number of aromatic nitrogens is 4. The molecule has 0 aliphatic heterocycles. The van der Waals surface area contributed by atoms with Gasteiger partial charge in [0.2, 0.25) is 5.78 Å². The molecule has 10 heteroatoms. The molecule has 0 bridgehead atoms. The van der Waals surface area contributed by atoms with Gasteiger partial charge >= 0.3 is 5.97 Å². The Bertz CT molecular complexity index is 1310. The Morgan fingerprint density at radius 2 is 2.03 bits per heavy atom. The van der Waals surface area contributed by atoms with Crippen LogP contribution in [0.4, 0.5) is 0 Å². The summed E-state index contributed by atoms with van der Waals surface area (Å²) in [6, 6.07) is 6.74. The molecular formula is C21H22N4O5S. The first-order chi connectivity index (χ1) is 15.0. The van der Waals surface area contributed by atoms with Crippen LogP contribution in [0, 0.1) is 0 Å². The minimum atomic E-state index is -0.526. The van der Waals surface area contributed by atoms with E-state index in [0.29, 0.717) is 45.5 Å². The van der Waals surface area contributed by atoms with Crippen molar-refractivity contribution in [2.75, 3.05) is 13.7 Å². The molecule has 0 saturated heterocycles. The number of esters is 1. The fourth-order valence-electron chi connectivity index (χ4n) is 3.20. The summed E-state index contributed by atoms with van der Waals surface area (Å²) in [4.78, 5) is 25.0. The Labute approximate surface area is 181 Å². The van der Waals surface area contributed by atoms with Gasteiger partial charge in [-0.2, -0.15) is 0 Å². The maximum Gasteiger partial charge on any atom is 0.338 e. The number of benzene rings is 1. The van der Waals surface area contributed by atoms with Crippen molar-refractivity contribution in [2.24, 2.45) is 7.05 Å². The van der Waals surface area contributed by atoms with Crippen molar-refractivity contribution < 1.29 is 19.0 Å². The van der Waals surface area contributed by atoms with Crippen molar-refractivity contribution in [3.05, 3.63) is 51.4 Å². The van der Waals surface area contributed by atoms with Gasteiger partial charge in [0.25, 0.3) is 5.56 Å². The number of aryl methyl sites for hydroxylation is 1. The molecule has 0 radical (unpaired) electrons. The van der Waals surface area contributed by atoms with E-state index in [-0.39, 0.29) is 12.2 Å². The SMILES string of the molecule is CCCCOc1ccc(C(=O)OCc2nnc3n(C)c(=O)c4sccc4n23)cc1OC. The number of fused-ring (bicyclic) bond motifs is 3. The van der Waals surface area contributed by atoms with Crippen molar-refractivity contribution in [1.29, 1.82) is 0 Å². The number of methoxy groups -OCH3 is 1. The number of hydrogen-bond acceptors (Lipinski definition) is 8. The number of nitrogens with zero attached hydrogens (tertiary/aromatic N) is 4. The molecule has 3 heterocycles. The Hall–Kier alpha value is -3.40. The zero-order chi connectivity index (χ0) is 22.0. The van der Waals surface area contributed by atoms with Crippen molar-refractivity contribution >= 4 is 33.3 Å². The number of thiophene rings is 1. The van der Waals surface area contributed by atoms with Gasteiger partial charge in [0.15, 0.2) is 23.9 Å². The normalized spacial score (nSPS) is 11.2. The van der Waals surface area contributed by atoms with Crippen LogP contribution >= 0.6 is 11.3 Å². The largest absolute Gasteiger partial charge is 0.493 e. The molecule has 4 aromatic rings. The first kappa shape index (κ1) is 20.9. The molecule has 4 rings (SSSR count). The summed E-state index contributed by atoms with van der Waals surface area (Å²) in [6.45, 7) is 2.57. The Morgan fingerprint density at radius 1 is 1.19 bits per heavy atom. The van der Waals surface area contributed by atoms with E-state index in [4.69, 9.17) is 14.2 Å². The number of unbranched alkanes of at least 4 members (excludes halogenated alkanes) is 1. The third kappa shape index (κ3) is 3.86. The average molecular weight is 442 g/mol. The van der Waals surface area contributed by atoms with E-state index < -0.39 is 5.97 Å². The monoisotopic (exact) mass is 442 g/mol. The van der Waals surface area contributed by atoms with Crippen LogP contribution in [0.3, 0.4) is 0 Å². The summed E-state index contributed by atoms with van der Waals surface area (Å²) in [5.74, 6) is 1.33. The maximum absolute atomic E-state index is 12.6. The molecule has 0 atom stereocenters. The van der Waals surface area contributed by atoms with Gasteiger partial charge in [-0.3, -0.25) is 13.8 Å². The number of carbonyl (C=O) groups excluding carboxylic acids is 1. The summed E-state index contributed by atoms with van der Waals surface area (Å²) in [5.41, 5.74) is 0.887. The summed E-state index contributed by atoms with van der Waals surface area (Å²) in [5, 5.41) is 10.0. The molecule has 162 valence electrons. The Kier molecular flexibility index (Phi) is 5.90. The smallest absolute Gasteiger partial charge is 0.338 e. The number of carbonyl (C=O) groups is 1. The van der Waals surface area contributed by atoms with Crippen LogP contribution in [0.1, 0.15) is 35.9 Å². The van der Waals surface area contributed by atoms with Gasteiger partial charge in [0.05, 0.1) is 24.8 Å². The maximum atomic E-state index is 12.6. The highest BCUT2D eigenvalue weighted by molar-refractivity contribution is 7.17. The van der Waals surface area contributed by atoms with E-state index in [0.717, 1.165) is 12.8 Å². The minimum absolute atomic E-state index is 0.0970. The molecule has 31 heavy (non-hydrogen) atoms. The summed E-state index contributed by atoms with van der Waals surface area (Å²) in [6.07, 6.45) is 1.96. The van der Waals surface area contributed by atoms with E-state index in [9.17, 15) is 9.59 Å². The fourth-order valence-corrected chi connectivity index (χ4v) is 4.05. The van der Waals surface area contributed by atoms with Crippen LogP contribution in [0.2, 0.25) is 0 Å². The van der Waals surface area contributed by atoms with Gasteiger partial charge in [-0.05, 0) is 36.1 Å². The molecule has 3 aromatic heterocycles. The van der Waals surface area contributed by atoms with E-state index in [1.54, 1.807) is 29.6 Å². The van der Waals surface area contributed by atoms with Crippen molar-refractivity contribution in [3.63, 3.8) is 0 Å². The minimum Gasteiger partial charge on any atom is -0.493 e. The Balaban J connectivity index is 1.55. The molecule has 0 unspecified atom stereocenters. The highest BCUT2D eigenvalue weighted by atomic mass is 32.1. The highest BCUT2D eigenvalue weighted by Crippen LogP contribution is 2.29. The zero-order valence-corrected chi connectivity index (χ0v) is 18.3. The van der Waals surface area contributed by atoms with Gasteiger partial charge < -0.3 is 14.2 Å². The molecule has 0 aliphatic carbocycles. The van der Waals surface area contributed by atoms with E-state index >= 15 is 0 Å². The molecule has 0 amide bonds. The zero-order valence-electron chi connectivity index (χ0n) is 17.5. The molecule has 0 saturated carbocycles. The predicted molar refractivity (Wildman–Crippen MR) is 116 cm³/mol. The molecular weight excluding hydrogens is 420 g/mol. The lowest BCUT2D eigenvalue weighted by Gasteiger charge is -2.12. The van der Waals surface area contributed by atoms with Crippen LogP contribution in [0.25, 0.3) is 16.0 Å². The topological polar surface area (TPSA) is 97.0 Å². The molecule has 0 aliphatic rings. The molecule has 0 fully saturated rings.